The fourth-order valence-electron chi connectivity index (χ4n) is 3.04. The monoisotopic (exact) mass is 415 g/mol. The average Bonchev–Trinajstić information content (AvgIpc) is 3.09. The number of aromatic nitrogens is 2. The molecule has 2 aromatic rings. The van der Waals surface area contributed by atoms with Crippen LogP contribution in [0.4, 0.5) is 8.78 Å². The highest BCUT2D eigenvalue weighted by atomic mass is 35.5. The van der Waals surface area contributed by atoms with Gasteiger partial charge in [0.25, 0.3) is 5.91 Å². The number of nitrogens with one attached hydrogen (secondary N) is 2. The van der Waals surface area contributed by atoms with E-state index in [9.17, 15) is 13.6 Å². The summed E-state index contributed by atoms with van der Waals surface area (Å²) in [6, 6.07) is 2.59. The highest BCUT2D eigenvalue weighted by molar-refractivity contribution is 5.94. The van der Waals surface area contributed by atoms with Crippen LogP contribution in [0.5, 0.6) is 0 Å². The van der Waals surface area contributed by atoms with Gasteiger partial charge in [0.1, 0.15) is 23.2 Å². The summed E-state index contributed by atoms with van der Waals surface area (Å²) in [6.07, 6.45) is 0. The molecule has 1 aromatic carbocycles. The summed E-state index contributed by atoms with van der Waals surface area (Å²) >= 11 is 0. The van der Waals surface area contributed by atoms with E-state index in [2.05, 4.69) is 25.7 Å². The molecule has 0 radical (unpaired) electrons. The highest BCUT2D eigenvalue weighted by Crippen LogP contribution is 2.25. The maximum absolute atomic E-state index is 13.9. The normalized spacial score (nSPS) is 18.6. The maximum Gasteiger partial charge on any atom is 0.257 e. The predicted molar refractivity (Wildman–Crippen MR) is 101 cm³/mol. The van der Waals surface area contributed by atoms with Crippen LogP contribution in [0.2, 0.25) is 0 Å². The minimum Gasteiger partial charge on any atom is -0.340 e. The molecule has 1 fully saturated rings. The Kier molecular flexibility index (Phi) is 7.45. The first kappa shape index (κ1) is 22.2. The Hall–Kier alpha value is -2.10. The summed E-state index contributed by atoms with van der Waals surface area (Å²) in [7, 11) is 1.98. The van der Waals surface area contributed by atoms with Gasteiger partial charge in [0.2, 0.25) is 5.89 Å². The molecule has 2 atom stereocenters. The van der Waals surface area contributed by atoms with Crippen molar-refractivity contribution in [1.82, 2.24) is 25.7 Å². The van der Waals surface area contributed by atoms with Crippen LogP contribution in [0, 0.1) is 17.6 Å². The fraction of sp³-hybridized carbons (Fsp3) is 0.500. The third-order valence-corrected chi connectivity index (χ3v) is 4.68. The van der Waals surface area contributed by atoms with Gasteiger partial charge in [-0.15, -0.1) is 12.4 Å². The van der Waals surface area contributed by atoms with Gasteiger partial charge in [-0.25, -0.2) is 8.78 Å². The van der Waals surface area contributed by atoms with E-state index in [1.54, 1.807) is 0 Å². The number of carbonyl (C=O) groups excluding carboxylic acids is 1. The zero-order chi connectivity index (χ0) is 19.6. The lowest BCUT2D eigenvalue weighted by molar-refractivity contribution is 0.0905. The third-order valence-electron chi connectivity index (χ3n) is 4.68. The van der Waals surface area contributed by atoms with Gasteiger partial charge < -0.3 is 15.2 Å². The molecule has 1 unspecified atom stereocenters. The summed E-state index contributed by atoms with van der Waals surface area (Å²) in [4.78, 5) is 19.0. The van der Waals surface area contributed by atoms with Gasteiger partial charge in [-0.3, -0.25) is 9.69 Å². The molecule has 1 saturated heterocycles. The molecule has 0 saturated carbocycles. The van der Waals surface area contributed by atoms with E-state index in [0.717, 1.165) is 25.2 Å². The van der Waals surface area contributed by atoms with Crippen LogP contribution in [0.1, 0.15) is 48.0 Å². The maximum atomic E-state index is 13.9. The Bertz CT molecular complexity index is 797. The minimum absolute atomic E-state index is 0. The summed E-state index contributed by atoms with van der Waals surface area (Å²) in [5.41, 5.74) is -0.626. The molecule has 10 heteroatoms. The lowest BCUT2D eigenvalue weighted by Crippen LogP contribution is -2.44. The number of hydrogen-bond acceptors (Lipinski definition) is 6. The number of benzene rings is 1. The molecule has 1 amide bonds. The Balaban J connectivity index is 0.00000280. The van der Waals surface area contributed by atoms with E-state index >= 15 is 0 Å². The van der Waals surface area contributed by atoms with Crippen LogP contribution >= 0.6 is 12.4 Å². The molecular weight excluding hydrogens is 392 g/mol. The van der Waals surface area contributed by atoms with Crippen LogP contribution in [0.15, 0.2) is 22.7 Å². The van der Waals surface area contributed by atoms with Crippen molar-refractivity contribution in [1.29, 1.82) is 0 Å². The standard InChI is InChI=1S/C18H23F2N5O2.ClH/c1-10(2)15(22-17(26)14-11(19)5-4-6-12(14)20)18-23-16(24-27-18)13-9-21-7-8-25(13)3;/h4-6,10,13,15,21H,7-9H2,1-3H3,(H,22,26);1H/t13?,15-;/m0./s1. The minimum atomic E-state index is -0.920. The summed E-state index contributed by atoms with van der Waals surface area (Å²) < 4.78 is 33.1. The zero-order valence-corrected chi connectivity index (χ0v) is 16.7. The molecule has 28 heavy (non-hydrogen) atoms. The van der Waals surface area contributed by atoms with Crippen LogP contribution in [-0.4, -0.2) is 47.6 Å². The van der Waals surface area contributed by atoms with Gasteiger partial charge in [0.15, 0.2) is 5.82 Å². The molecule has 2 heterocycles. The van der Waals surface area contributed by atoms with E-state index in [1.807, 2.05) is 20.9 Å². The number of rotatable bonds is 5. The SMILES string of the molecule is CC(C)[C@H](NC(=O)c1c(F)cccc1F)c1nc(C2CNCCN2C)no1.Cl. The van der Waals surface area contributed by atoms with Gasteiger partial charge in [0, 0.05) is 19.6 Å². The molecule has 0 aliphatic carbocycles. The fourth-order valence-corrected chi connectivity index (χ4v) is 3.04. The van der Waals surface area contributed by atoms with E-state index < -0.39 is 29.1 Å². The molecule has 154 valence electrons. The molecule has 1 aliphatic heterocycles. The second kappa shape index (κ2) is 9.40. The van der Waals surface area contributed by atoms with Crippen molar-refractivity contribution in [3.8, 4) is 0 Å². The molecule has 3 rings (SSSR count). The van der Waals surface area contributed by atoms with E-state index in [0.29, 0.717) is 12.4 Å². The molecule has 2 N–H and O–H groups in total. The first-order valence-electron chi connectivity index (χ1n) is 8.87. The molecular formula is C18H24ClF2N5O2. The van der Waals surface area contributed by atoms with Gasteiger partial charge in [-0.2, -0.15) is 4.98 Å². The Labute approximate surface area is 168 Å². The zero-order valence-electron chi connectivity index (χ0n) is 15.9. The number of likely N-dealkylation sites (N-methyl/N-ethyl adjacent to an activating group) is 1. The van der Waals surface area contributed by atoms with Crippen molar-refractivity contribution < 1.29 is 18.1 Å². The molecule has 1 aliphatic rings. The second-order valence-corrected chi connectivity index (χ2v) is 6.98. The number of amides is 1. The second-order valence-electron chi connectivity index (χ2n) is 6.98. The predicted octanol–water partition coefficient (Wildman–Crippen LogP) is 2.47. The van der Waals surface area contributed by atoms with Crippen LogP contribution in [-0.2, 0) is 0 Å². The van der Waals surface area contributed by atoms with E-state index in [4.69, 9.17) is 4.52 Å². The highest BCUT2D eigenvalue weighted by Gasteiger charge is 2.30. The Morgan fingerprint density at radius 1 is 1.36 bits per heavy atom. The van der Waals surface area contributed by atoms with Crippen LogP contribution in [0.25, 0.3) is 0 Å². The van der Waals surface area contributed by atoms with Crippen LogP contribution < -0.4 is 10.6 Å². The van der Waals surface area contributed by atoms with Crippen LogP contribution in [0.3, 0.4) is 0 Å². The number of halogens is 3. The summed E-state index contributed by atoms with van der Waals surface area (Å²) in [5.74, 6) is -2.10. The number of nitrogens with zero attached hydrogens (tertiary/aromatic N) is 3. The lowest BCUT2D eigenvalue weighted by atomic mass is 10.0. The molecule has 7 nitrogen and oxygen atoms in total. The van der Waals surface area contributed by atoms with Crippen molar-refractivity contribution in [2.75, 3.05) is 26.7 Å². The van der Waals surface area contributed by atoms with Crippen molar-refractivity contribution in [3.05, 3.63) is 47.1 Å². The van der Waals surface area contributed by atoms with Gasteiger partial charge in [0.05, 0.1) is 6.04 Å². The Morgan fingerprint density at radius 2 is 2.04 bits per heavy atom. The van der Waals surface area contributed by atoms with Gasteiger partial charge >= 0.3 is 0 Å². The number of piperazine rings is 1. The quantitative estimate of drug-likeness (QED) is 0.780. The topological polar surface area (TPSA) is 83.3 Å². The summed E-state index contributed by atoms with van der Waals surface area (Å²) in [5, 5.41) is 9.93. The van der Waals surface area contributed by atoms with Crippen molar-refractivity contribution in [3.63, 3.8) is 0 Å². The van der Waals surface area contributed by atoms with Gasteiger partial charge in [-0.1, -0.05) is 25.1 Å². The molecule has 0 spiro atoms. The number of carbonyl (C=O) groups is 1. The number of hydrogen-bond donors (Lipinski definition) is 2. The first-order valence-corrected chi connectivity index (χ1v) is 8.87. The van der Waals surface area contributed by atoms with Crippen molar-refractivity contribution in [2.24, 2.45) is 5.92 Å². The molecule has 1 aromatic heterocycles. The Morgan fingerprint density at radius 3 is 2.64 bits per heavy atom. The first-order chi connectivity index (χ1) is 12.9. The van der Waals surface area contributed by atoms with E-state index in [-0.39, 0.29) is 30.3 Å². The average molecular weight is 416 g/mol. The largest absolute Gasteiger partial charge is 0.340 e. The van der Waals surface area contributed by atoms with E-state index in [1.165, 1.54) is 6.07 Å². The van der Waals surface area contributed by atoms with Crippen molar-refractivity contribution >= 4 is 18.3 Å². The molecule has 0 bridgehead atoms. The lowest BCUT2D eigenvalue weighted by Gasteiger charge is -2.30. The third kappa shape index (κ3) is 4.65. The summed E-state index contributed by atoms with van der Waals surface area (Å²) in [6.45, 7) is 6.12. The van der Waals surface area contributed by atoms with Crippen molar-refractivity contribution in [2.45, 2.75) is 25.9 Å². The van der Waals surface area contributed by atoms with Gasteiger partial charge in [-0.05, 0) is 25.1 Å². The smallest absolute Gasteiger partial charge is 0.257 e.